The Balaban J connectivity index is 1.38. The second-order valence-electron chi connectivity index (χ2n) is 7.64. The molecule has 3 fully saturated rings. The molecule has 0 aromatic heterocycles. The molecule has 2 aliphatic carbocycles. The maximum atomic E-state index is 12.9. The van der Waals surface area contributed by atoms with Crippen LogP contribution in [0.2, 0.25) is 0 Å². The molecule has 0 radical (unpaired) electrons. The number of imide groups is 1. The smallest absolute Gasteiger partial charge is 0.237 e. The lowest BCUT2D eigenvalue weighted by Crippen LogP contribution is -2.32. The zero-order valence-corrected chi connectivity index (χ0v) is 15.1. The summed E-state index contributed by atoms with van der Waals surface area (Å²) in [6.07, 6.45) is 3.22. The van der Waals surface area contributed by atoms with Crippen molar-refractivity contribution in [2.45, 2.75) is 19.3 Å². The van der Waals surface area contributed by atoms with Gasteiger partial charge in [0, 0.05) is 0 Å². The molecule has 2 saturated carbocycles. The Labute approximate surface area is 157 Å². The fourth-order valence-corrected chi connectivity index (χ4v) is 5.16. The molecule has 27 heavy (non-hydrogen) atoms. The first-order chi connectivity index (χ1) is 13.2. The minimum Gasteiger partial charge on any atom is -0.493 e. The van der Waals surface area contributed by atoms with Gasteiger partial charge in [-0.25, -0.2) is 0 Å². The van der Waals surface area contributed by atoms with Gasteiger partial charge in [0.15, 0.2) is 11.5 Å². The highest BCUT2D eigenvalue weighted by atomic mass is 16.5. The number of hydrogen-bond donors (Lipinski definition) is 0. The van der Waals surface area contributed by atoms with Gasteiger partial charge in [0.2, 0.25) is 11.8 Å². The number of amides is 2. The quantitative estimate of drug-likeness (QED) is 0.770. The number of carbonyl (C=O) groups excluding carboxylic acids is 2. The molecule has 0 N–H and O–H groups in total. The lowest BCUT2D eigenvalue weighted by molar-refractivity contribution is -0.123. The van der Waals surface area contributed by atoms with Gasteiger partial charge in [-0.15, -0.1) is 0 Å². The van der Waals surface area contributed by atoms with Crippen LogP contribution in [0.25, 0.3) is 0 Å². The van der Waals surface area contributed by atoms with Crippen LogP contribution in [0.3, 0.4) is 0 Å². The number of nitrogens with zero attached hydrogens (tertiary/aromatic N) is 1. The molecule has 5 nitrogen and oxygen atoms in total. The zero-order valence-electron chi connectivity index (χ0n) is 15.1. The molecule has 2 amide bonds. The molecule has 2 bridgehead atoms. The molecule has 138 valence electrons. The molecule has 1 heterocycles. The monoisotopic (exact) mass is 363 g/mol. The maximum absolute atomic E-state index is 12.9. The summed E-state index contributed by atoms with van der Waals surface area (Å²) < 4.78 is 11.2. The van der Waals surface area contributed by atoms with Crippen LogP contribution in [0.5, 0.6) is 17.2 Å². The van der Waals surface area contributed by atoms with Crippen LogP contribution < -0.4 is 14.4 Å². The van der Waals surface area contributed by atoms with Crippen LogP contribution >= 0.6 is 0 Å². The Morgan fingerprint density at radius 3 is 2.04 bits per heavy atom. The van der Waals surface area contributed by atoms with E-state index >= 15 is 0 Å². The topological polar surface area (TPSA) is 55.8 Å². The van der Waals surface area contributed by atoms with Gasteiger partial charge >= 0.3 is 0 Å². The van der Waals surface area contributed by atoms with Crippen LogP contribution in [0.15, 0.2) is 48.5 Å². The minimum absolute atomic E-state index is 0.0180. The summed E-state index contributed by atoms with van der Waals surface area (Å²) in [5, 5.41) is 0. The molecular weight excluding hydrogens is 342 g/mol. The van der Waals surface area contributed by atoms with Crippen LogP contribution in [0.4, 0.5) is 5.69 Å². The van der Waals surface area contributed by atoms with Gasteiger partial charge in [-0.3, -0.25) is 14.5 Å². The van der Waals surface area contributed by atoms with E-state index in [1.165, 1.54) is 4.90 Å². The molecule has 1 saturated heterocycles. The van der Waals surface area contributed by atoms with Crippen molar-refractivity contribution in [2.75, 3.05) is 12.0 Å². The lowest BCUT2D eigenvalue weighted by atomic mass is 9.81. The Bertz CT molecular complexity index is 879. The zero-order chi connectivity index (χ0) is 18.5. The van der Waals surface area contributed by atoms with E-state index in [4.69, 9.17) is 9.47 Å². The molecular formula is C22H21NO4. The molecule has 5 heteroatoms. The predicted molar refractivity (Wildman–Crippen MR) is 99.8 cm³/mol. The predicted octanol–water partition coefficient (Wildman–Crippen LogP) is 4.02. The first kappa shape index (κ1) is 16.4. The normalized spacial score (nSPS) is 28.6. The third kappa shape index (κ3) is 2.45. The van der Waals surface area contributed by atoms with Gasteiger partial charge in [0.1, 0.15) is 5.75 Å². The van der Waals surface area contributed by atoms with Crippen molar-refractivity contribution in [2.24, 2.45) is 23.7 Å². The van der Waals surface area contributed by atoms with E-state index < -0.39 is 0 Å². The first-order valence-corrected chi connectivity index (χ1v) is 9.46. The van der Waals surface area contributed by atoms with E-state index in [1.807, 2.05) is 24.3 Å². The van der Waals surface area contributed by atoms with Crippen molar-refractivity contribution in [1.82, 2.24) is 0 Å². The number of carbonyl (C=O) groups is 2. The summed E-state index contributed by atoms with van der Waals surface area (Å²) in [7, 11) is 1.60. The Kier molecular flexibility index (Phi) is 3.71. The summed E-state index contributed by atoms with van der Waals surface area (Å²) in [6.45, 7) is 0. The van der Waals surface area contributed by atoms with Crippen LogP contribution in [0.1, 0.15) is 19.3 Å². The summed E-state index contributed by atoms with van der Waals surface area (Å²) in [6, 6.07) is 14.5. The number of methoxy groups -OCH3 is 1. The van der Waals surface area contributed by atoms with Crippen molar-refractivity contribution in [1.29, 1.82) is 0 Å². The summed E-state index contributed by atoms with van der Waals surface area (Å²) in [4.78, 5) is 27.2. The van der Waals surface area contributed by atoms with Gasteiger partial charge < -0.3 is 9.47 Å². The van der Waals surface area contributed by atoms with Crippen molar-refractivity contribution >= 4 is 17.5 Å². The van der Waals surface area contributed by atoms with Crippen molar-refractivity contribution in [3.8, 4) is 17.2 Å². The van der Waals surface area contributed by atoms with Gasteiger partial charge in [-0.1, -0.05) is 12.1 Å². The molecule has 1 aliphatic heterocycles. The number of benzene rings is 2. The Morgan fingerprint density at radius 1 is 0.852 bits per heavy atom. The Hall–Kier alpha value is -2.82. The number of rotatable bonds is 4. The second kappa shape index (κ2) is 6.12. The fraction of sp³-hybridized carbons (Fsp3) is 0.364. The summed E-state index contributed by atoms with van der Waals surface area (Å²) in [5.41, 5.74) is 0.631. The number of anilines is 1. The average molecular weight is 363 g/mol. The highest BCUT2D eigenvalue weighted by molar-refractivity contribution is 6.22. The molecule has 4 atom stereocenters. The molecule has 2 aromatic rings. The van der Waals surface area contributed by atoms with Crippen LogP contribution in [-0.2, 0) is 9.59 Å². The maximum Gasteiger partial charge on any atom is 0.237 e. The minimum atomic E-state index is -0.0965. The lowest BCUT2D eigenvalue weighted by Gasteiger charge is -2.19. The highest BCUT2D eigenvalue weighted by Gasteiger charge is 2.61. The number of ether oxygens (including phenoxy) is 2. The van der Waals surface area contributed by atoms with Crippen molar-refractivity contribution in [3.63, 3.8) is 0 Å². The summed E-state index contributed by atoms with van der Waals surface area (Å²) >= 11 is 0. The van der Waals surface area contributed by atoms with E-state index in [0.717, 1.165) is 19.3 Å². The second-order valence-corrected chi connectivity index (χ2v) is 7.64. The fourth-order valence-electron chi connectivity index (χ4n) is 5.16. The SMILES string of the molecule is COc1ccccc1Oc1ccc(N2C(=O)[C@H]3[C@@H]4CC[C@@H](C4)[C@@H]3C2=O)cc1. The van der Waals surface area contributed by atoms with Gasteiger partial charge in [-0.05, 0) is 67.5 Å². The molecule has 5 rings (SSSR count). The molecule has 2 aromatic carbocycles. The highest BCUT2D eigenvalue weighted by Crippen LogP contribution is 2.56. The third-order valence-corrected chi connectivity index (χ3v) is 6.32. The number of hydrogen-bond acceptors (Lipinski definition) is 4. The van der Waals surface area contributed by atoms with E-state index in [9.17, 15) is 9.59 Å². The standard InChI is InChI=1S/C22H21NO4/c1-26-17-4-2-3-5-18(17)27-16-10-8-15(9-11-16)23-21(24)19-13-6-7-14(12-13)20(19)22(23)25/h2-5,8-11,13-14,19-20H,6-7,12H2,1H3/t13-,14+,19-,20-/m0/s1. The van der Waals surface area contributed by atoms with Gasteiger partial charge in [-0.2, -0.15) is 0 Å². The van der Waals surface area contributed by atoms with Crippen molar-refractivity contribution < 1.29 is 19.1 Å². The van der Waals surface area contributed by atoms with Gasteiger partial charge in [0.25, 0.3) is 0 Å². The molecule has 0 spiro atoms. The van der Waals surface area contributed by atoms with E-state index in [0.29, 0.717) is 34.8 Å². The Morgan fingerprint density at radius 2 is 1.44 bits per heavy atom. The van der Waals surface area contributed by atoms with Gasteiger partial charge in [0.05, 0.1) is 24.6 Å². The first-order valence-electron chi connectivity index (χ1n) is 9.46. The molecule has 0 unspecified atom stereocenters. The molecule has 3 aliphatic rings. The van der Waals surface area contributed by atoms with E-state index in [1.54, 1.807) is 31.4 Å². The number of fused-ring (bicyclic) bond motifs is 5. The third-order valence-electron chi connectivity index (χ3n) is 6.32. The van der Waals surface area contributed by atoms with Crippen molar-refractivity contribution in [3.05, 3.63) is 48.5 Å². The van der Waals surface area contributed by atoms with Crippen LogP contribution in [0, 0.1) is 23.7 Å². The number of para-hydroxylation sites is 2. The van der Waals surface area contributed by atoms with Crippen LogP contribution in [-0.4, -0.2) is 18.9 Å². The van der Waals surface area contributed by atoms with E-state index in [-0.39, 0.29) is 23.7 Å². The van der Waals surface area contributed by atoms with E-state index in [2.05, 4.69) is 0 Å². The summed E-state index contributed by atoms with van der Waals surface area (Å²) in [5.74, 6) is 2.46. The largest absolute Gasteiger partial charge is 0.493 e. The average Bonchev–Trinajstić information content (AvgIpc) is 3.37.